The number of aromatic amines is 1. The van der Waals surface area contributed by atoms with Crippen LogP contribution in [0.1, 0.15) is 5.69 Å². The van der Waals surface area contributed by atoms with E-state index >= 15 is 0 Å². The Morgan fingerprint density at radius 1 is 1.00 bits per heavy atom. The van der Waals surface area contributed by atoms with Gasteiger partial charge in [0.15, 0.2) is 0 Å². The van der Waals surface area contributed by atoms with Gasteiger partial charge in [-0.15, -0.1) is 0 Å². The summed E-state index contributed by atoms with van der Waals surface area (Å²) in [6.45, 7) is 0.589. The largest absolute Gasteiger partial charge is 0.358 e. The Kier molecular flexibility index (Phi) is 3.87. The predicted molar refractivity (Wildman–Crippen MR) is 85.5 cm³/mol. The Labute approximate surface area is 123 Å². The van der Waals surface area contributed by atoms with Crippen LogP contribution < -0.4 is 10.6 Å². The monoisotopic (exact) mass is 279 g/mol. The first kappa shape index (κ1) is 13.2. The number of nitrogens with one attached hydrogen (secondary N) is 3. The van der Waals surface area contributed by atoms with Gasteiger partial charge in [0.2, 0.25) is 0 Å². The summed E-state index contributed by atoms with van der Waals surface area (Å²) in [6, 6.07) is 19.5. The van der Waals surface area contributed by atoms with Crippen molar-refractivity contribution in [2.45, 2.75) is 6.42 Å². The van der Waals surface area contributed by atoms with Crippen molar-refractivity contribution in [3.8, 4) is 0 Å². The molecule has 0 aliphatic heterocycles. The molecule has 0 aliphatic carbocycles. The molecule has 1 aromatic heterocycles. The van der Waals surface area contributed by atoms with Crippen LogP contribution in [0, 0.1) is 0 Å². The predicted octanol–water partition coefficient (Wildman–Crippen LogP) is 3.53. The molecule has 4 heteroatoms. The van der Waals surface area contributed by atoms with Crippen molar-refractivity contribution in [1.82, 2.24) is 10.3 Å². The second-order valence-corrected chi connectivity index (χ2v) is 4.88. The molecule has 0 fully saturated rings. The lowest BCUT2D eigenvalue weighted by Gasteiger charge is -2.06. The van der Waals surface area contributed by atoms with Crippen molar-refractivity contribution in [2.75, 3.05) is 11.9 Å². The zero-order valence-corrected chi connectivity index (χ0v) is 11.6. The molecule has 3 aromatic rings. The van der Waals surface area contributed by atoms with Crippen molar-refractivity contribution in [3.05, 3.63) is 66.4 Å². The Balaban J connectivity index is 1.50. The minimum Gasteiger partial charge on any atom is -0.358 e. The first-order valence-corrected chi connectivity index (χ1v) is 6.98. The molecule has 0 aliphatic rings. The minimum atomic E-state index is -0.183. The van der Waals surface area contributed by atoms with Crippen molar-refractivity contribution in [1.29, 1.82) is 0 Å². The molecule has 0 bridgehead atoms. The van der Waals surface area contributed by atoms with Crippen molar-refractivity contribution in [2.24, 2.45) is 0 Å². The first-order valence-electron chi connectivity index (χ1n) is 6.98. The molecule has 3 rings (SSSR count). The SMILES string of the molecule is O=C(NCCc1cc2ccccc2[nH]1)Nc1ccccc1. The number of H-pyrrole nitrogens is 1. The van der Waals surface area contributed by atoms with Crippen molar-refractivity contribution >= 4 is 22.6 Å². The number of anilines is 1. The minimum absolute atomic E-state index is 0.183. The molecule has 0 atom stereocenters. The fraction of sp³-hybridized carbons (Fsp3) is 0.118. The van der Waals surface area contributed by atoms with Gasteiger partial charge in [0.1, 0.15) is 0 Å². The van der Waals surface area contributed by atoms with Gasteiger partial charge in [-0.3, -0.25) is 0 Å². The van der Waals surface area contributed by atoms with Gasteiger partial charge in [-0.05, 0) is 29.7 Å². The van der Waals surface area contributed by atoms with Gasteiger partial charge in [0.25, 0.3) is 0 Å². The van der Waals surface area contributed by atoms with Crippen LogP contribution in [-0.4, -0.2) is 17.6 Å². The summed E-state index contributed by atoms with van der Waals surface area (Å²) < 4.78 is 0. The van der Waals surface area contributed by atoms with E-state index in [0.29, 0.717) is 6.54 Å². The molecule has 2 amide bonds. The normalized spacial score (nSPS) is 10.5. The average Bonchev–Trinajstić information content (AvgIpc) is 2.91. The lowest BCUT2D eigenvalue weighted by molar-refractivity contribution is 0.252. The fourth-order valence-electron chi connectivity index (χ4n) is 2.28. The Bertz CT molecular complexity index is 701. The number of fused-ring (bicyclic) bond motifs is 1. The second kappa shape index (κ2) is 6.13. The number of aromatic nitrogens is 1. The molecule has 0 spiro atoms. The van der Waals surface area contributed by atoms with Gasteiger partial charge < -0.3 is 15.6 Å². The van der Waals surface area contributed by atoms with Crippen LogP contribution in [0.4, 0.5) is 10.5 Å². The highest BCUT2D eigenvalue weighted by atomic mass is 16.2. The number of urea groups is 1. The average molecular weight is 279 g/mol. The van der Waals surface area contributed by atoms with E-state index in [4.69, 9.17) is 0 Å². The number of carbonyl (C=O) groups excluding carboxylic acids is 1. The highest BCUT2D eigenvalue weighted by molar-refractivity contribution is 5.89. The Morgan fingerprint density at radius 2 is 1.76 bits per heavy atom. The highest BCUT2D eigenvalue weighted by Gasteiger charge is 2.02. The zero-order valence-electron chi connectivity index (χ0n) is 11.6. The third-order valence-corrected chi connectivity index (χ3v) is 3.30. The molecule has 21 heavy (non-hydrogen) atoms. The van der Waals surface area contributed by atoms with E-state index in [1.807, 2.05) is 48.5 Å². The van der Waals surface area contributed by atoms with Gasteiger partial charge in [0, 0.05) is 29.9 Å². The lowest BCUT2D eigenvalue weighted by Crippen LogP contribution is -2.30. The summed E-state index contributed by atoms with van der Waals surface area (Å²) in [5.41, 5.74) is 3.04. The van der Waals surface area contributed by atoms with E-state index in [-0.39, 0.29) is 6.03 Å². The third-order valence-electron chi connectivity index (χ3n) is 3.30. The summed E-state index contributed by atoms with van der Waals surface area (Å²) in [5.74, 6) is 0. The molecule has 4 nitrogen and oxygen atoms in total. The molecular weight excluding hydrogens is 262 g/mol. The van der Waals surface area contributed by atoms with Crippen LogP contribution in [0.2, 0.25) is 0 Å². The first-order chi connectivity index (χ1) is 10.3. The maximum atomic E-state index is 11.7. The number of benzene rings is 2. The Hall–Kier alpha value is -2.75. The van der Waals surface area contributed by atoms with Crippen molar-refractivity contribution in [3.63, 3.8) is 0 Å². The molecule has 1 heterocycles. The summed E-state index contributed by atoms with van der Waals surface area (Å²) in [5, 5.41) is 6.84. The number of carbonyl (C=O) groups is 1. The summed E-state index contributed by atoms with van der Waals surface area (Å²) in [4.78, 5) is 15.1. The smallest absolute Gasteiger partial charge is 0.319 e. The van der Waals surface area contributed by atoms with E-state index in [1.165, 1.54) is 5.39 Å². The number of hydrogen-bond acceptors (Lipinski definition) is 1. The fourth-order valence-corrected chi connectivity index (χ4v) is 2.28. The van der Waals surface area contributed by atoms with Crippen LogP contribution in [-0.2, 0) is 6.42 Å². The molecule has 0 saturated heterocycles. The Morgan fingerprint density at radius 3 is 2.57 bits per heavy atom. The van der Waals surface area contributed by atoms with E-state index < -0.39 is 0 Å². The van der Waals surface area contributed by atoms with Gasteiger partial charge >= 0.3 is 6.03 Å². The van der Waals surface area contributed by atoms with Gasteiger partial charge in [-0.1, -0.05) is 36.4 Å². The molecule has 106 valence electrons. The maximum absolute atomic E-state index is 11.7. The third kappa shape index (κ3) is 3.42. The van der Waals surface area contributed by atoms with Crippen LogP contribution in [0.15, 0.2) is 60.7 Å². The molecule has 0 saturated carbocycles. The summed E-state index contributed by atoms with van der Waals surface area (Å²) in [6.07, 6.45) is 0.775. The zero-order chi connectivity index (χ0) is 14.5. The standard InChI is InChI=1S/C17H17N3O/c21-17(20-14-7-2-1-3-8-14)18-11-10-15-12-13-6-4-5-9-16(13)19-15/h1-9,12,19H,10-11H2,(H2,18,20,21). The number of rotatable bonds is 4. The number of hydrogen-bond donors (Lipinski definition) is 3. The van der Waals surface area contributed by atoms with E-state index in [1.54, 1.807) is 0 Å². The molecular formula is C17H17N3O. The number of para-hydroxylation sites is 2. The van der Waals surface area contributed by atoms with E-state index in [9.17, 15) is 4.79 Å². The highest BCUT2D eigenvalue weighted by Crippen LogP contribution is 2.14. The molecule has 0 unspecified atom stereocenters. The van der Waals surface area contributed by atoms with E-state index in [0.717, 1.165) is 23.3 Å². The van der Waals surface area contributed by atoms with Crippen LogP contribution >= 0.6 is 0 Å². The molecule has 0 radical (unpaired) electrons. The quantitative estimate of drug-likeness (QED) is 0.672. The van der Waals surface area contributed by atoms with Crippen molar-refractivity contribution < 1.29 is 4.79 Å². The van der Waals surface area contributed by atoms with Crippen LogP contribution in [0.5, 0.6) is 0 Å². The topological polar surface area (TPSA) is 56.9 Å². The van der Waals surface area contributed by atoms with Crippen LogP contribution in [0.25, 0.3) is 10.9 Å². The van der Waals surface area contributed by atoms with Gasteiger partial charge in [0.05, 0.1) is 0 Å². The molecule has 2 aromatic carbocycles. The van der Waals surface area contributed by atoms with E-state index in [2.05, 4.69) is 27.8 Å². The van der Waals surface area contributed by atoms with Gasteiger partial charge in [-0.25, -0.2) is 4.79 Å². The number of amides is 2. The molecule has 3 N–H and O–H groups in total. The summed E-state index contributed by atoms with van der Waals surface area (Å²) in [7, 11) is 0. The maximum Gasteiger partial charge on any atom is 0.319 e. The van der Waals surface area contributed by atoms with Crippen LogP contribution in [0.3, 0.4) is 0 Å². The summed E-state index contributed by atoms with van der Waals surface area (Å²) >= 11 is 0. The lowest BCUT2D eigenvalue weighted by atomic mass is 10.2. The second-order valence-electron chi connectivity index (χ2n) is 4.88. The van der Waals surface area contributed by atoms with Gasteiger partial charge in [-0.2, -0.15) is 0 Å².